The minimum absolute atomic E-state index is 0.0202. The summed E-state index contributed by atoms with van der Waals surface area (Å²) < 4.78 is 5.55. The van der Waals surface area contributed by atoms with E-state index in [-0.39, 0.29) is 29.8 Å². The van der Waals surface area contributed by atoms with Crippen molar-refractivity contribution in [2.75, 3.05) is 20.7 Å². The lowest BCUT2D eigenvalue weighted by molar-refractivity contribution is -0.139. The quantitative estimate of drug-likeness (QED) is 0.533. The molecular formula is C28H37ClN4O3. The molecule has 2 aromatic rings. The van der Waals surface area contributed by atoms with Crippen LogP contribution in [0.5, 0.6) is 5.75 Å². The zero-order valence-electron chi connectivity index (χ0n) is 21.4. The first kappa shape index (κ1) is 26.4. The highest BCUT2D eigenvalue weighted by Crippen LogP contribution is 2.38. The van der Waals surface area contributed by atoms with Gasteiger partial charge in [-0.2, -0.15) is 0 Å². The number of likely N-dealkylation sites (N-methyl/N-ethyl adjacent to an activating group) is 1. The van der Waals surface area contributed by atoms with Gasteiger partial charge in [0.25, 0.3) is 0 Å². The second-order valence-corrected chi connectivity index (χ2v) is 10.4. The fourth-order valence-corrected chi connectivity index (χ4v) is 5.68. The lowest BCUT2D eigenvalue weighted by Gasteiger charge is -2.35. The summed E-state index contributed by atoms with van der Waals surface area (Å²) in [7, 11) is 3.39. The Morgan fingerprint density at radius 2 is 1.89 bits per heavy atom. The molecule has 4 rings (SSSR count). The SMILES string of the molecule is CNC(C)C(=O)NC(C(=O)N1CCCC1c1cncc(-c2cc(Cl)ccc2OC)c1)C1CCCCC1. The van der Waals surface area contributed by atoms with E-state index >= 15 is 0 Å². The van der Waals surface area contributed by atoms with Gasteiger partial charge in [-0.1, -0.05) is 30.9 Å². The van der Waals surface area contributed by atoms with Gasteiger partial charge in [-0.05, 0) is 75.4 Å². The standard InChI is InChI=1S/C28H37ClN4O3/c1-18(30-2)27(34)32-26(19-8-5-4-6-9-19)28(35)33-13-7-10-24(33)21-14-20(16-31-17-21)23-15-22(29)11-12-25(23)36-3/h11-12,14-19,24,26,30H,4-10,13H2,1-3H3,(H,32,34). The molecule has 3 atom stereocenters. The minimum Gasteiger partial charge on any atom is -0.496 e. The van der Waals surface area contributed by atoms with Gasteiger partial charge in [0.15, 0.2) is 0 Å². The number of rotatable bonds is 8. The summed E-state index contributed by atoms with van der Waals surface area (Å²) in [5, 5.41) is 6.71. The van der Waals surface area contributed by atoms with Gasteiger partial charge in [-0.15, -0.1) is 0 Å². The number of methoxy groups -OCH3 is 1. The maximum Gasteiger partial charge on any atom is 0.245 e. The van der Waals surface area contributed by atoms with Crippen LogP contribution in [0.15, 0.2) is 36.7 Å². The van der Waals surface area contributed by atoms with Crippen molar-refractivity contribution < 1.29 is 14.3 Å². The van der Waals surface area contributed by atoms with Gasteiger partial charge in [-0.3, -0.25) is 14.6 Å². The highest BCUT2D eigenvalue weighted by atomic mass is 35.5. The predicted molar refractivity (Wildman–Crippen MR) is 142 cm³/mol. The van der Waals surface area contributed by atoms with E-state index in [9.17, 15) is 9.59 Å². The summed E-state index contributed by atoms with van der Waals surface area (Å²) in [6.45, 7) is 2.49. The first-order valence-electron chi connectivity index (χ1n) is 13.0. The first-order valence-corrected chi connectivity index (χ1v) is 13.4. The third-order valence-electron chi connectivity index (χ3n) is 7.66. The normalized spacial score (nSPS) is 20.1. The average Bonchev–Trinajstić information content (AvgIpc) is 3.41. The zero-order valence-corrected chi connectivity index (χ0v) is 22.2. The van der Waals surface area contributed by atoms with E-state index in [1.807, 2.05) is 30.2 Å². The molecule has 1 saturated carbocycles. The molecule has 0 spiro atoms. The number of likely N-dealkylation sites (tertiary alicyclic amines) is 1. The predicted octanol–water partition coefficient (Wildman–Crippen LogP) is 4.75. The number of carbonyl (C=O) groups excluding carboxylic acids is 2. The fourth-order valence-electron chi connectivity index (χ4n) is 5.51. The molecule has 8 heteroatoms. The molecule has 1 aromatic carbocycles. The van der Waals surface area contributed by atoms with Crippen LogP contribution >= 0.6 is 11.6 Å². The summed E-state index contributed by atoms with van der Waals surface area (Å²) in [6.07, 6.45) is 10.7. The molecule has 2 fully saturated rings. The number of benzene rings is 1. The molecule has 7 nitrogen and oxygen atoms in total. The molecule has 0 radical (unpaired) electrons. The van der Waals surface area contributed by atoms with Crippen molar-refractivity contribution in [3.63, 3.8) is 0 Å². The molecule has 1 aliphatic carbocycles. The minimum atomic E-state index is -0.502. The number of nitrogens with one attached hydrogen (secondary N) is 2. The summed E-state index contributed by atoms with van der Waals surface area (Å²) in [5.41, 5.74) is 2.74. The number of ether oxygens (including phenoxy) is 1. The summed E-state index contributed by atoms with van der Waals surface area (Å²) in [5.74, 6) is 0.776. The van der Waals surface area contributed by atoms with Crippen molar-refractivity contribution in [1.82, 2.24) is 20.5 Å². The molecule has 0 bridgehead atoms. The van der Waals surface area contributed by atoms with Gasteiger partial charge in [0.05, 0.1) is 19.2 Å². The lowest BCUT2D eigenvalue weighted by Crippen LogP contribution is -2.55. The molecule has 3 unspecified atom stereocenters. The zero-order chi connectivity index (χ0) is 25.7. The third kappa shape index (κ3) is 5.84. The van der Waals surface area contributed by atoms with Crippen molar-refractivity contribution in [3.05, 3.63) is 47.2 Å². The molecule has 2 aliphatic rings. The van der Waals surface area contributed by atoms with Gasteiger partial charge in [0, 0.05) is 35.1 Å². The van der Waals surface area contributed by atoms with E-state index in [4.69, 9.17) is 16.3 Å². The second kappa shape index (κ2) is 12.1. The highest BCUT2D eigenvalue weighted by Gasteiger charge is 2.39. The van der Waals surface area contributed by atoms with E-state index in [2.05, 4.69) is 21.7 Å². The molecule has 2 N–H and O–H groups in total. The van der Waals surface area contributed by atoms with Gasteiger partial charge in [-0.25, -0.2) is 0 Å². The van der Waals surface area contributed by atoms with Crippen LogP contribution in [0.4, 0.5) is 0 Å². The van der Waals surface area contributed by atoms with Crippen LogP contribution in [0.3, 0.4) is 0 Å². The molecule has 194 valence electrons. The van der Waals surface area contributed by atoms with Crippen molar-refractivity contribution in [1.29, 1.82) is 0 Å². The number of pyridine rings is 1. The van der Waals surface area contributed by atoms with Crippen LogP contribution in [-0.4, -0.2) is 54.5 Å². The molecule has 2 heterocycles. The Hall–Kier alpha value is -2.64. The summed E-state index contributed by atoms with van der Waals surface area (Å²) in [4.78, 5) is 33.3. The first-order chi connectivity index (χ1) is 17.4. The van der Waals surface area contributed by atoms with Gasteiger partial charge >= 0.3 is 0 Å². The number of halogens is 1. The van der Waals surface area contributed by atoms with E-state index < -0.39 is 6.04 Å². The van der Waals surface area contributed by atoms with Gasteiger partial charge in [0.2, 0.25) is 11.8 Å². The Labute approximate surface area is 218 Å². The Kier molecular flexibility index (Phi) is 8.86. The van der Waals surface area contributed by atoms with Gasteiger partial charge in [0.1, 0.15) is 11.8 Å². The number of carbonyl (C=O) groups is 2. The Bertz CT molecular complexity index is 1070. The molecule has 1 aliphatic heterocycles. The van der Waals surface area contributed by atoms with E-state index in [0.29, 0.717) is 11.6 Å². The Morgan fingerprint density at radius 3 is 2.61 bits per heavy atom. The van der Waals surface area contributed by atoms with E-state index in [1.165, 1.54) is 6.42 Å². The molecule has 36 heavy (non-hydrogen) atoms. The van der Waals surface area contributed by atoms with Crippen LogP contribution in [0.25, 0.3) is 11.1 Å². The van der Waals surface area contributed by atoms with Crippen LogP contribution in [0, 0.1) is 5.92 Å². The topological polar surface area (TPSA) is 83.6 Å². The highest BCUT2D eigenvalue weighted by molar-refractivity contribution is 6.31. The molecule has 2 amide bonds. The second-order valence-electron chi connectivity index (χ2n) is 9.94. The smallest absolute Gasteiger partial charge is 0.245 e. The number of hydrogen-bond acceptors (Lipinski definition) is 5. The Balaban J connectivity index is 1.61. The largest absolute Gasteiger partial charge is 0.496 e. The number of aromatic nitrogens is 1. The van der Waals surface area contributed by atoms with Crippen LogP contribution < -0.4 is 15.4 Å². The van der Waals surface area contributed by atoms with Crippen molar-refractivity contribution in [2.45, 2.75) is 70.0 Å². The number of nitrogens with zero attached hydrogens (tertiary/aromatic N) is 2. The molecule has 1 aromatic heterocycles. The fraction of sp³-hybridized carbons (Fsp3) is 0.536. The maximum atomic E-state index is 14.0. The monoisotopic (exact) mass is 512 g/mol. The molecular weight excluding hydrogens is 476 g/mol. The van der Waals surface area contributed by atoms with Crippen LogP contribution in [0.2, 0.25) is 5.02 Å². The average molecular weight is 513 g/mol. The van der Waals surface area contributed by atoms with Crippen LogP contribution in [0.1, 0.15) is 63.5 Å². The van der Waals surface area contributed by atoms with E-state index in [1.54, 1.807) is 26.4 Å². The van der Waals surface area contributed by atoms with E-state index in [0.717, 1.165) is 61.0 Å². The van der Waals surface area contributed by atoms with Crippen molar-refractivity contribution in [3.8, 4) is 16.9 Å². The third-order valence-corrected chi connectivity index (χ3v) is 7.90. The van der Waals surface area contributed by atoms with Crippen LogP contribution in [-0.2, 0) is 9.59 Å². The summed E-state index contributed by atoms with van der Waals surface area (Å²) in [6, 6.07) is 6.66. The number of amides is 2. The maximum absolute atomic E-state index is 14.0. The van der Waals surface area contributed by atoms with Crippen molar-refractivity contribution >= 4 is 23.4 Å². The Morgan fingerprint density at radius 1 is 1.11 bits per heavy atom. The van der Waals surface area contributed by atoms with Gasteiger partial charge < -0.3 is 20.3 Å². The number of hydrogen-bond donors (Lipinski definition) is 2. The molecule has 1 saturated heterocycles. The lowest BCUT2D eigenvalue weighted by atomic mass is 9.83. The summed E-state index contributed by atoms with van der Waals surface area (Å²) >= 11 is 6.27. The van der Waals surface area contributed by atoms with Crippen molar-refractivity contribution in [2.24, 2.45) is 5.92 Å².